The zero-order chi connectivity index (χ0) is 9.84. The molecule has 0 aliphatic carbocycles. The van der Waals surface area contributed by atoms with Gasteiger partial charge in [0.15, 0.2) is 0 Å². The van der Waals surface area contributed by atoms with Gasteiger partial charge in [-0.15, -0.1) is 10.2 Å². The average Bonchev–Trinajstić information content (AvgIpc) is 2.47. The van der Waals surface area contributed by atoms with Gasteiger partial charge in [0.2, 0.25) is 0 Å². The summed E-state index contributed by atoms with van der Waals surface area (Å²) >= 11 is 0. The molecule has 0 bridgehead atoms. The Labute approximate surface area is 75.6 Å². The molecule has 0 saturated carbocycles. The molecular formula is C7H12N4O2. The van der Waals surface area contributed by atoms with Crippen LogP contribution < -0.4 is 5.32 Å². The fourth-order valence-electron chi connectivity index (χ4n) is 0.799. The molecule has 0 saturated heterocycles. The van der Waals surface area contributed by atoms with Crippen LogP contribution in [-0.2, 0) is 18.4 Å². The lowest BCUT2D eigenvalue weighted by Gasteiger charge is -2.07. The lowest BCUT2D eigenvalue weighted by molar-refractivity contribution is -0.139. The van der Waals surface area contributed by atoms with Crippen molar-refractivity contribution >= 4 is 5.97 Å². The van der Waals surface area contributed by atoms with E-state index in [4.69, 9.17) is 5.11 Å². The Kier molecular flexibility index (Phi) is 2.97. The lowest BCUT2D eigenvalue weighted by Crippen LogP contribution is -2.33. The number of aliphatic carboxylic acids is 1. The predicted molar refractivity (Wildman–Crippen MR) is 44.9 cm³/mol. The average molecular weight is 184 g/mol. The van der Waals surface area contributed by atoms with E-state index in [1.807, 2.05) is 7.05 Å². The number of hydrogen-bond acceptors (Lipinski definition) is 4. The second-order valence-electron chi connectivity index (χ2n) is 2.80. The molecule has 13 heavy (non-hydrogen) atoms. The Bertz CT molecular complexity index is 296. The van der Waals surface area contributed by atoms with Crippen LogP contribution in [0.5, 0.6) is 0 Å². The van der Waals surface area contributed by atoms with Crippen molar-refractivity contribution in [1.29, 1.82) is 0 Å². The minimum Gasteiger partial charge on any atom is -0.480 e. The van der Waals surface area contributed by atoms with E-state index in [2.05, 4.69) is 15.5 Å². The monoisotopic (exact) mass is 184 g/mol. The highest BCUT2D eigenvalue weighted by atomic mass is 16.4. The summed E-state index contributed by atoms with van der Waals surface area (Å²) in [6, 6.07) is -0.572. The van der Waals surface area contributed by atoms with Gasteiger partial charge in [-0.3, -0.25) is 10.1 Å². The van der Waals surface area contributed by atoms with Gasteiger partial charge >= 0.3 is 5.97 Å². The van der Waals surface area contributed by atoms with Gasteiger partial charge in [0, 0.05) is 7.05 Å². The maximum Gasteiger partial charge on any atom is 0.320 e. The highest BCUT2D eigenvalue weighted by molar-refractivity contribution is 5.72. The molecular weight excluding hydrogens is 172 g/mol. The van der Waals surface area contributed by atoms with Crippen molar-refractivity contribution in [1.82, 2.24) is 20.1 Å². The number of nitrogens with one attached hydrogen (secondary N) is 1. The number of carbonyl (C=O) groups is 1. The van der Waals surface area contributed by atoms with Crippen molar-refractivity contribution in [3.8, 4) is 0 Å². The summed E-state index contributed by atoms with van der Waals surface area (Å²) < 4.78 is 1.74. The minimum absolute atomic E-state index is 0.407. The summed E-state index contributed by atoms with van der Waals surface area (Å²) in [5, 5.41) is 18.9. The Morgan fingerprint density at radius 2 is 2.54 bits per heavy atom. The van der Waals surface area contributed by atoms with Crippen LogP contribution in [0.25, 0.3) is 0 Å². The number of carboxylic acid groups (broad SMARTS) is 1. The molecule has 0 fully saturated rings. The molecule has 1 aromatic heterocycles. The summed E-state index contributed by atoms with van der Waals surface area (Å²) in [6.45, 7) is 1.99. The molecule has 6 nitrogen and oxygen atoms in total. The van der Waals surface area contributed by atoms with Gasteiger partial charge in [0.1, 0.15) is 18.2 Å². The van der Waals surface area contributed by atoms with E-state index < -0.39 is 12.0 Å². The van der Waals surface area contributed by atoms with Gasteiger partial charge < -0.3 is 9.67 Å². The predicted octanol–water partition coefficient (Wildman–Crippen LogP) is -0.622. The highest BCUT2D eigenvalue weighted by Gasteiger charge is 2.10. The van der Waals surface area contributed by atoms with Crippen molar-refractivity contribution in [3.63, 3.8) is 0 Å². The molecule has 1 atom stereocenters. The molecule has 0 aliphatic heterocycles. The number of rotatable bonds is 4. The topological polar surface area (TPSA) is 80.0 Å². The first-order chi connectivity index (χ1) is 6.11. The Morgan fingerprint density at radius 3 is 3.00 bits per heavy atom. The molecule has 2 N–H and O–H groups in total. The van der Waals surface area contributed by atoms with Crippen molar-refractivity contribution in [2.24, 2.45) is 7.05 Å². The smallest absolute Gasteiger partial charge is 0.320 e. The van der Waals surface area contributed by atoms with Crippen molar-refractivity contribution in [2.45, 2.75) is 19.5 Å². The number of aromatic nitrogens is 3. The van der Waals surface area contributed by atoms with E-state index in [0.717, 1.165) is 0 Å². The van der Waals surface area contributed by atoms with Gasteiger partial charge in [-0.1, -0.05) is 0 Å². The normalized spacial score (nSPS) is 12.8. The number of aryl methyl sites for hydroxylation is 1. The molecule has 0 unspecified atom stereocenters. The Hall–Kier alpha value is -1.43. The molecule has 0 amide bonds. The van der Waals surface area contributed by atoms with Crippen LogP contribution in [0, 0.1) is 0 Å². The zero-order valence-electron chi connectivity index (χ0n) is 7.56. The molecule has 1 heterocycles. The summed E-state index contributed by atoms with van der Waals surface area (Å²) in [5.74, 6) is -0.157. The summed E-state index contributed by atoms with van der Waals surface area (Å²) in [5.41, 5.74) is 0. The SMILES string of the molecule is C[C@@H](NCc1nncn1C)C(=O)O. The molecule has 1 rings (SSSR count). The second kappa shape index (κ2) is 3.99. The fourth-order valence-corrected chi connectivity index (χ4v) is 0.799. The van der Waals surface area contributed by atoms with Gasteiger partial charge in [0.25, 0.3) is 0 Å². The van der Waals surface area contributed by atoms with E-state index in [0.29, 0.717) is 12.4 Å². The first-order valence-electron chi connectivity index (χ1n) is 3.90. The quantitative estimate of drug-likeness (QED) is 0.651. The highest BCUT2D eigenvalue weighted by Crippen LogP contribution is 1.91. The molecule has 6 heteroatoms. The van der Waals surface area contributed by atoms with Crippen LogP contribution in [-0.4, -0.2) is 31.9 Å². The second-order valence-corrected chi connectivity index (χ2v) is 2.80. The lowest BCUT2D eigenvalue weighted by atomic mass is 10.3. The van der Waals surface area contributed by atoms with Crippen LogP contribution in [0.1, 0.15) is 12.7 Å². The maximum atomic E-state index is 10.4. The van der Waals surface area contributed by atoms with Crippen molar-refractivity contribution in [3.05, 3.63) is 12.2 Å². The first-order valence-corrected chi connectivity index (χ1v) is 3.90. The third-order valence-electron chi connectivity index (χ3n) is 1.74. The fraction of sp³-hybridized carbons (Fsp3) is 0.571. The van der Waals surface area contributed by atoms with Crippen LogP contribution in [0.4, 0.5) is 0 Å². The molecule has 0 aromatic carbocycles. The van der Waals surface area contributed by atoms with Crippen LogP contribution in [0.2, 0.25) is 0 Å². The molecule has 0 radical (unpaired) electrons. The summed E-state index contributed by atoms with van der Waals surface area (Å²) in [7, 11) is 1.81. The number of hydrogen-bond donors (Lipinski definition) is 2. The van der Waals surface area contributed by atoms with E-state index >= 15 is 0 Å². The molecule has 1 aromatic rings. The van der Waals surface area contributed by atoms with Crippen LogP contribution >= 0.6 is 0 Å². The number of carboxylic acids is 1. The molecule has 0 aliphatic rings. The third-order valence-corrected chi connectivity index (χ3v) is 1.74. The van der Waals surface area contributed by atoms with Crippen LogP contribution in [0.3, 0.4) is 0 Å². The third kappa shape index (κ3) is 2.51. The van der Waals surface area contributed by atoms with Crippen molar-refractivity contribution in [2.75, 3.05) is 0 Å². The number of nitrogens with zero attached hydrogens (tertiary/aromatic N) is 3. The van der Waals surface area contributed by atoms with Crippen molar-refractivity contribution < 1.29 is 9.90 Å². The van der Waals surface area contributed by atoms with E-state index in [1.54, 1.807) is 17.8 Å². The standard InChI is InChI=1S/C7H12N4O2/c1-5(7(12)13)8-3-6-10-9-4-11(6)2/h4-5,8H,3H2,1-2H3,(H,12,13)/t5-/m1/s1. The van der Waals surface area contributed by atoms with E-state index in [1.165, 1.54) is 0 Å². The maximum absolute atomic E-state index is 10.4. The van der Waals surface area contributed by atoms with Gasteiger partial charge in [-0.2, -0.15) is 0 Å². The Morgan fingerprint density at radius 1 is 1.85 bits per heavy atom. The van der Waals surface area contributed by atoms with E-state index in [9.17, 15) is 4.79 Å². The largest absolute Gasteiger partial charge is 0.480 e. The molecule has 72 valence electrons. The van der Waals surface area contributed by atoms with Crippen LogP contribution in [0.15, 0.2) is 6.33 Å². The summed E-state index contributed by atoms with van der Waals surface area (Å²) in [4.78, 5) is 10.4. The molecule has 0 spiro atoms. The first kappa shape index (κ1) is 9.66. The zero-order valence-corrected chi connectivity index (χ0v) is 7.56. The van der Waals surface area contributed by atoms with E-state index in [-0.39, 0.29) is 0 Å². The summed E-state index contributed by atoms with van der Waals surface area (Å²) in [6.07, 6.45) is 1.57. The minimum atomic E-state index is -0.873. The van der Waals surface area contributed by atoms with Gasteiger partial charge in [-0.25, -0.2) is 0 Å². The van der Waals surface area contributed by atoms with Gasteiger partial charge in [-0.05, 0) is 6.92 Å². The Balaban J connectivity index is 2.44. The van der Waals surface area contributed by atoms with Gasteiger partial charge in [0.05, 0.1) is 6.54 Å².